The lowest BCUT2D eigenvalue weighted by molar-refractivity contribution is 0.414. The Hall–Kier alpha value is -1.23. The van der Waals surface area contributed by atoms with Gasteiger partial charge >= 0.3 is 0 Å². The fourth-order valence-corrected chi connectivity index (χ4v) is 2.71. The quantitative estimate of drug-likeness (QED) is 0.857. The Morgan fingerprint density at radius 1 is 1.37 bits per heavy atom. The molecule has 0 radical (unpaired) electrons. The van der Waals surface area contributed by atoms with E-state index in [9.17, 15) is 0 Å². The van der Waals surface area contributed by atoms with Crippen LogP contribution in [0.2, 0.25) is 5.02 Å². The van der Waals surface area contributed by atoms with E-state index >= 15 is 0 Å². The van der Waals surface area contributed by atoms with Crippen molar-refractivity contribution in [3.63, 3.8) is 0 Å². The van der Waals surface area contributed by atoms with Crippen molar-refractivity contribution in [2.24, 2.45) is 5.73 Å². The molecule has 2 N–H and O–H groups in total. The Bertz CT molecular complexity index is 533. The van der Waals surface area contributed by atoms with Crippen molar-refractivity contribution in [2.75, 3.05) is 13.7 Å². The number of benzene rings is 1. The molecule has 0 aliphatic heterocycles. The number of hydrogen-bond donors (Lipinski definition) is 1. The molecule has 19 heavy (non-hydrogen) atoms. The molecule has 3 nitrogen and oxygen atoms in total. The van der Waals surface area contributed by atoms with Crippen molar-refractivity contribution in [3.8, 4) is 5.75 Å². The van der Waals surface area contributed by atoms with Gasteiger partial charge in [0, 0.05) is 18.0 Å². The summed E-state index contributed by atoms with van der Waals surface area (Å²) >= 11 is 7.45. The van der Waals surface area contributed by atoms with Gasteiger partial charge in [-0.2, -0.15) is 0 Å². The summed E-state index contributed by atoms with van der Waals surface area (Å²) in [5, 5.41) is 1.68. The normalized spacial score (nSPS) is 12.2. The van der Waals surface area contributed by atoms with Gasteiger partial charge < -0.3 is 10.5 Å². The van der Waals surface area contributed by atoms with Gasteiger partial charge in [-0.25, -0.2) is 4.98 Å². The maximum atomic E-state index is 5.86. The Morgan fingerprint density at radius 3 is 2.84 bits per heavy atom. The third-order valence-corrected chi connectivity index (χ3v) is 4.10. The molecule has 0 spiro atoms. The molecular weight excluding hydrogens is 280 g/mol. The van der Waals surface area contributed by atoms with Crippen LogP contribution < -0.4 is 10.5 Å². The lowest BCUT2D eigenvalue weighted by atomic mass is 10.1. The summed E-state index contributed by atoms with van der Waals surface area (Å²) < 4.78 is 5.23. The molecule has 2 rings (SSSR count). The molecule has 0 saturated heterocycles. The highest BCUT2D eigenvalue weighted by molar-refractivity contribution is 7.99. The molecular formula is C14H15ClN2OS. The Balaban J connectivity index is 2.17. The zero-order valence-corrected chi connectivity index (χ0v) is 12.1. The van der Waals surface area contributed by atoms with Crippen molar-refractivity contribution >= 4 is 23.4 Å². The Labute approximate surface area is 122 Å². The first-order chi connectivity index (χ1) is 9.22. The maximum absolute atomic E-state index is 5.86. The second kappa shape index (κ2) is 6.80. The molecule has 0 bridgehead atoms. The standard InChI is InChI=1S/C14H15ClN2OS/c1-18-12-4-2-3-10(7-12)13(8-16)19-14-6-5-11(15)9-17-14/h2-7,9,13H,8,16H2,1H3. The van der Waals surface area contributed by atoms with E-state index in [1.165, 1.54) is 0 Å². The lowest BCUT2D eigenvalue weighted by Gasteiger charge is -2.15. The largest absolute Gasteiger partial charge is 0.497 e. The summed E-state index contributed by atoms with van der Waals surface area (Å²) in [6.45, 7) is 0.530. The van der Waals surface area contributed by atoms with E-state index in [2.05, 4.69) is 4.98 Å². The number of halogens is 1. The van der Waals surface area contributed by atoms with E-state index in [1.807, 2.05) is 36.4 Å². The first-order valence-electron chi connectivity index (χ1n) is 5.85. The van der Waals surface area contributed by atoms with Gasteiger partial charge in [-0.1, -0.05) is 35.5 Å². The molecule has 0 aliphatic carbocycles. The van der Waals surface area contributed by atoms with Crippen molar-refractivity contribution in [3.05, 3.63) is 53.2 Å². The maximum Gasteiger partial charge on any atom is 0.119 e. The number of hydrogen-bond acceptors (Lipinski definition) is 4. The molecule has 2 aromatic rings. The van der Waals surface area contributed by atoms with E-state index in [4.69, 9.17) is 22.1 Å². The highest BCUT2D eigenvalue weighted by Crippen LogP contribution is 2.34. The van der Waals surface area contributed by atoms with Gasteiger partial charge in [-0.3, -0.25) is 0 Å². The number of pyridine rings is 1. The monoisotopic (exact) mass is 294 g/mol. The summed E-state index contributed by atoms with van der Waals surface area (Å²) in [4.78, 5) is 4.28. The van der Waals surface area contributed by atoms with Crippen LogP contribution >= 0.6 is 23.4 Å². The van der Waals surface area contributed by atoms with E-state index in [0.29, 0.717) is 11.6 Å². The van der Waals surface area contributed by atoms with Crippen LogP contribution in [0.4, 0.5) is 0 Å². The topological polar surface area (TPSA) is 48.1 Å². The number of nitrogens with two attached hydrogens (primary N) is 1. The van der Waals surface area contributed by atoms with Gasteiger partial charge in [0.2, 0.25) is 0 Å². The van der Waals surface area contributed by atoms with Crippen LogP contribution in [-0.2, 0) is 0 Å². The number of aromatic nitrogens is 1. The number of nitrogens with zero attached hydrogens (tertiary/aromatic N) is 1. The first kappa shape index (κ1) is 14.2. The van der Waals surface area contributed by atoms with E-state index in [0.717, 1.165) is 16.3 Å². The highest BCUT2D eigenvalue weighted by atomic mass is 35.5. The minimum absolute atomic E-state index is 0.142. The average Bonchev–Trinajstić information content (AvgIpc) is 2.46. The second-order valence-electron chi connectivity index (χ2n) is 3.93. The lowest BCUT2D eigenvalue weighted by Crippen LogP contribution is -2.09. The van der Waals surface area contributed by atoms with Crippen LogP contribution in [-0.4, -0.2) is 18.6 Å². The average molecular weight is 295 g/mol. The summed E-state index contributed by atoms with van der Waals surface area (Å²) in [5.41, 5.74) is 6.99. The molecule has 100 valence electrons. The summed E-state index contributed by atoms with van der Waals surface area (Å²) in [7, 11) is 1.66. The first-order valence-corrected chi connectivity index (χ1v) is 7.11. The predicted octanol–water partition coefficient (Wildman–Crippen LogP) is 3.54. The summed E-state index contributed by atoms with van der Waals surface area (Å²) in [6.07, 6.45) is 1.64. The fraction of sp³-hybridized carbons (Fsp3) is 0.214. The van der Waals surface area contributed by atoms with Gasteiger partial charge in [0.1, 0.15) is 5.75 Å². The van der Waals surface area contributed by atoms with Crippen molar-refractivity contribution in [1.29, 1.82) is 0 Å². The highest BCUT2D eigenvalue weighted by Gasteiger charge is 2.13. The Kier molecular flexibility index (Phi) is 5.07. The van der Waals surface area contributed by atoms with Crippen LogP contribution in [0, 0.1) is 0 Å². The van der Waals surface area contributed by atoms with E-state index < -0.39 is 0 Å². The predicted molar refractivity (Wildman–Crippen MR) is 79.9 cm³/mol. The smallest absolute Gasteiger partial charge is 0.119 e. The van der Waals surface area contributed by atoms with Crippen LogP contribution in [0.1, 0.15) is 10.8 Å². The van der Waals surface area contributed by atoms with Crippen molar-refractivity contribution in [1.82, 2.24) is 4.98 Å². The third-order valence-electron chi connectivity index (χ3n) is 2.64. The van der Waals surface area contributed by atoms with E-state index in [1.54, 1.807) is 25.1 Å². The zero-order chi connectivity index (χ0) is 13.7. The second-order valence-corrected chi connectivity index (χ2v) is 5.59. The van der Waals surface area contributed by atoms with Gasteiger partial charge in [0.15, 0.2) is 0 Å². The number of methoxy groups -OCH3 is 1. The molecule has 1 aromatic carbocycles. The Morgan fingerprint density at radius 2 is 2.21 bits per heavy atom. The molecule has 0 amide bonds. The minimum Gasteiger partial charge on any atom is -0.497 e. The minimum atomic E-state index is 0.142. The molecule has 1 heterocycles. The molecule has 1 atom stereocenters. The van der Waals surface area contributed by atoms with Crippen LogP contribution in [0.15, 0.2) is 47.6 Å². The van der Waals surface area contributed by atoms with Crippen LogP contribution in [0.3, 0.4) is 0 Å². The van der Waals surface area contributed by atoms with Crippen molar-refractivity contribution < 1.29 is 4.74 Å². The third kappa shape index (κ3) is 3.86. The molecule has 1 aromatic heterocycles. The van der Waals surface area contributed by atoms with Gasteiger partial charge in [0.25, 0.3) is 0 Å². The van der Waals surface area contributed by atoms with Gasteiger partial charge in [-0.05, 0) is 29.8 Å². The van der Waals surface area contributed by atoms with Crippen molar-refractivity contribution in [2.45, 2.75) is 10.3 Å². The van der Waals surface area contributed by atoms with Gasteiger partial charge in [-0.15, -0.1) is 0 Å². The number of rotatable bonds is 5. The molecule has 1 unspecified atom stereocenters. The number of thioether (sulfide) groups is 1. The summed E-state index contributed by atoms with van der Waals surface area (Å²) in [6, 6.07) is 11.7. The fourth-order valence-electron chi connectivity index (χ4n) is 1.67. The molecule has 5 heteroatoms. The number of ether oxygens (including phenoxy) is 1. The van der Waals surface area contributed by atoms with Crippen LogP contribution in [0.25, 0.3) is 0 Å². The van der Waals surface area contributed by atoms with Gasteiger partial charge in [0.05, 0.1) is 17.2 Å². The SMILES string of the molecule is COc1cccc(C(CN)Sc2ccc(Cl)cn2)c1. The molecule has 0 saturated carbocycles. The molecule has 0 fully saturated rings. The van der Waals surface area contributed by atoms with Crippen LogP contribution in [0.5, 0.6) is 5.75 Å². The zero-order valence-electron chi connectivity index (χ0n) is 10.5. The molecule has 0 aliphatic rings. The van der Waals surface area contributed by atoms with E-state index in [-0.39, 0.29) is 5.25 Å². The summed E-state index contributed by atoms with van der Waals surface area (Å²) in [5.74, 6) is 0.834.